The molecule has 0 atom stereocenters. The maximum absolute atomic E-state index is 12.7. The lowest BCUT2D eigenvalue weighted by molar-refractivity contribution is -0.151. The van der Waals surface area contributed by atoms with Gasteiger partial charge >= 0.3 is 5.97 Å². The van der Waals surface area contributed by atoms with E-state index >= 15 is 0 Å². The van der Waals surface area contributed by atoms with Crippen LogP contribution in [0.3, 0.4) is 0 Å². The largest absolute Gasteiger partial charge is 0.493 e. The van der Waals surface area contributed by atoms with E-state index in [4.69, 9.17) is 14.2 Å². The van der Waals surface area contributed by atoms with Crippen molar-refractivity contribution in [3.05, 3.63) is 29.3 Å². The number of piperidine rings is 1. The Hall–Kier alpha value is -3.14. The number of nitrogens with zero attached hydrogens (tertiary/aromatic N) is 3. The number of likely N-dealkylation sites (tertiary alicyclic amines) is 1. The predicted octanol–water partition coefficient (Wildman–Crippen LogP) is 2.63. The Morgan fingerprint density at radius 1 is 1.15 bits per heavy atom. The van der Waals surface area contributed by atoms with Crippen molar-refractivity contribution in [2.24, 2.45) is 5.92 Å². The van der Waals surface area contributed by atoms with Gasteiger partial charge in [0.2, 0.25) is 11.8 Å². The van der Waals surface area contributed by atoms with Crippen LogP contribution in [-0.2, 0) is 25.5 Å². The summed E-state index contributed by atoms with van der Waals surface area (Å²) in [5, 5.41) is 2.62. The van der Waals surface area contributed by atoms with Crippen LogP contribution in [0.15, 0.2) is 23.6 Å². The second-order valence-electron chi connectivity index (χ2n) is 8.05. The fourth-order valence-electron chi connectivity index (χ4n) is 3.80. The van der Waals surface area contributed by atoms with Gasteiger partial charge in [0.05, 0.1) is 45.4 Å². The van der Waals surface area contributed by atoms with Gasteiger partial charge in [0.1, 0.15) is 5.01 Å². The Morgan fingerprint density at radius 2 is 1.85 bits per heavy atom. The summed E-state index contributed by atoms with van der Waals surface area (Å²) in [5.74, 6) is 0.582. The average Bonchev–Trinajstić information content (AvgIpc) is 3.32. The number of rotatable bonds is 9. The van der Waals surface area contributed by atoms with Crippen molar-refractivity contribution in [1.82, 2.24) is 14.8 Å². The molecule has 0 saturated carbocycles. The van der Waals surface area contributed by atoms with Crippen molar-refractivity contribution in [2.45, 2.75) is 26.2 Å². The molecular weight excluding hydrogens is 458 g/mol. The molecule has 1 saturated heterocycles. The van der Waals surface area contributed by atoms with Gasteiger partial charge in [-0.05, 0) is 38.0 Å². The fraction of sp³-hybridized carbons (Fsp3) is 0.500. The molecule has 0 spiro atoms. The zero-order chi connectivity index (χ0) is 24.7. The van der Waals surface area contributed by atoms with Gasteiger partial charge in [-0.3, -0.25) is 14.4 Å². The number of ether oxygens (including phenoxy) is 3. The minimum absolute atomic E-state index is 0.00439. The number of hydrogen-bond acceptors (Lipinski definition) is 8. The third-order valence-corrected chi connectivity index (χ3v) is 6.72. The Kier molecular flexibility index (Phi) is 8.86. The van der Waals surface area contributed by atoms with E-state index in [1.165, 1.54) is 16.2 Å². The molecular formula is C24H31N3O6S. The van der Waals surface area contributed by atoms with Crippen LogP contribution in [0.5, 0.6) is 11.5 Å². The first-order valence-electron chi connectivity index (χ1n) is 11.2. The molecule has 0 bridgehead atoms. The molecule has 184 valence electrons. The van der Waals surface area contributed by atoms with Crippen molar-refractivity contribution >= 4 is 29.1 Å². The first-order valence-corrected chi connectivity index (χ1v) is 12.1. The van der Waals surface area contributed by atoms with Crippen molar-refractivity contribution in [1.29, 1.82) is 0 Å². The number of esters is 1. The Labute approximate surface area is 203 Å². The van der Waals surface area contributed by atoms with E-state index in [0.29, 0.717) is 49.7 Å². The van der Waals surface area contributed by atoms with Crippen molar-refractivity contribution < 1.29 is 28.6 Å². The van der Waals surface area contributed by atoms with Crippen LogP contribution in [0.2, 0.25) is 0 Å². The van der Waals surface area contributed by atoms with E-state index in [2.05, 4.69) is 4.98 Å². The molecule has 2 heterocycles. The van der Waals surface area contributed by atoms with E-state index in [-0.39, 0.29) is 36.7 Å². The Morgan fingerprint density at radius 3 is 2.50 bits per heavy atom. The number of thiazole rings is 1. The summed E-state index contributed by atoms with van der Waals surface area (Å²) in [7, 11) is 4.78. The van der Waals surface area contributed by atoms with Crippen molar-refractivity contribution in [3.8, 4) is 22.1 Å². The molecule has 0 aliphatic carbocycles. The summed E-state index contributed by atoms with van der Waals surface area (Å²) in [6.07, 6.45) is 1.28. The van der Waals surface area contributed by atoms with Gasteiger partial charge in [-0.15, -0.1) is 11.3 Å². The maximum atomic E-state index is 12.7. The summed E-state index contributed by atoms with van der Waals surface area (Å²) in [4.78, 5) is 44.9. The maximum Gasteiger partial charge on any atom is 0.309 e. The van der Waals surface area contributed by atoms with Crippen LogP contribution in [0.25, 0.3) is 10.6 Å². The smallest absolute Gasteiger partial charge is 0.309 e. The molecule has 0 N–H and O–H groups in total. The highest BCUT2D eigenvalue weighted by Crippen LogP contribution is 2.33. The van der Waals surface area contributed by atoms with E-state index in [1.54, 1.807) is 33.1 Å². The molecule has 1 aromatic carbocycles. The minimum Gasteiger partial charge on any atom is -0.493 e. The normalized spacial score (nSPS) is 13.9. The van der Waals surface area contributed by atoms with Crippen molar-refractivity contribution in [2.75, 3.05) is 47.5 Å². The molecule has 0 radical (unpaired) electrons. The van der Waals surface area contributed by atoms with Gasteiger partial charge in [0.15, 0.2) is 11.5 Å². The molecule has 1 fully saturated rings. The molecule has 2 aromatic rings. The number of aromatic nitrogens is 1. The van der Waals surface area contributed by atoms with Crippen LogP contribution in [0.1, 0.15) is 25.5 Å². The molecule has 10 heteroatoms. The monoisotopic (exact) mass is 489 g/mol. The average molecular weight is 490 g/mol. The predicted molar refractivity (Wildman–Crippen MR) is 128 cm³/mol. The van der Waals surface area contributed by atoms with Gasteiger partial charge in [0.25, 0.3) is 0 Å². The summed E-state index contributed by atoms with van der Waals surface area (Å²) < 4.78 is 15.7. The van der Waals surface area contributed by atoms with Gasteiger partial charge in [-0.1, -0.05) is 0 Å². The molecule has 1 aliphatic heterocycles. The van der Waals surface area contributed by atoms with Gasteiger partial charge < -0.3 is 24.0 Å². The second-order valence-corrected chi connectivity index (χ2v) is 8.91. The molecule has 2 amide bonds. The third kappa shape index (κ3) is 6.25. The van der Waals surface area contributed by atoms with Crippen LogP contribution >= 0.6 is 11.3 Å². The lowest BCUT2D eigenvalue weighted by Crippen LogP contribution is -2.46. The topological polar surface area (TPSA) is 98.3 Å². The zero-order valence-electron chi connectivity index (χ0n) is 20.0. The Bertz CT molecular complexity index is 1020. The highest BCUT2D eigenvalue weighted by molar-refractivity contribution is 7.13. The number of methoxy groups -OCH3 is 2. The third-order valence-electron chi connectivity index (χ3n) is 5.78. The number of hydrogen-bond donors (Lipinski definition) is 0. The van der Waals surface area contributed by atoms with Gasteiger partial charge in [0, 0.05) is 31.1 Å². The number of likely N-dealkylation sites (N-methyl/N-ethyl adjacent to an activating group) is 1. The first-order chi connectivity index (χ1) is 16.4. The van der Waals surface area contributed by atoms with Gasteiger partial charge in [-0.25, -0.2) is 4.98 Å². The molecule has 3 rings (SSSR count). The highest BCUT2D eigenvalue weighted by atomic mass is 32.1. The lowest BCUT2D eigenvalue weighted by Gasteiger charge is -2.32. The summed E-state index contributed by atoms with van der Waals surface area (Å²) in [5.41, 5.74) is 1.52. The second kappa shape index (κ2) is 11.8. The molecule has 1 aromatic heterocycles. The minimum atomic E-state index is -0.197. The molecule has 0 unspecified atom stereocenters. The zero-order valence-corrected chi connectivity index (χ0v) is 20.9. The van der Waals surface area contributed by atoms with Crippen LogP contribution in [0.4, 0.5) is 0 Å². The Balaban J connectivity index is 1.52. The summed E-state index contributed by atoms with van der Waals surface area (Å²) in [6, 6.07) is 5.55. The first kappa shape index (κ1) is 25.5. The quantitative estimate of drug-likeness (QED) is 0.500. The summed E-state index contributed by atoms with van der Waals surface area (Å²) in [6.45, 7) is 3.12. The van der Waals surface area contributed by atoms with E-state index < -0.39 is 0 Å². The SMILES string of the molecule is CCOC(=O)C1CCN(C(=O)CN(C)C(=O)Cc2csc(-c3ccc(OC)c(OC)c3)n2)CC1. The molecule has 34 heavy (non-hydrogen) atoms. The standard InChI is InChI=1S/C24H31N3O6S/c1-5-33-24(30)16-8-10-27(11-9-16)22(29)14-26(2)21(28)13-18-15-34-23(25-18)17-6-7-19(31-3)20(12-17)32-4/h6-7,12,15-16H,5,8-11,13-14H2,1-4H3. The van der Waals surface area contributed by atoms with E-state index in [1.807, 2.05) is 23.6 Å². The van der Waals surface area contributed by atoms with Crippen LogP contribution < -0.4 is 9.47 Å². The number of amides is 2. The van der Waals surface area contributed by atoms with Crippen LogP contribution in [-0.4, -0.2) is 80.1 Å². The number of carbonyl (C=O) groups excluding carboxylic acids is 3. The lowest BCUT2D eigenvalue weighted by atomic mass is 9.97. The van der Waals surface area contributed by atoms with Gasteiger partial charge in [-0.2, -0.15) is 0 Å². The van der Waals surface area contributed by atoms with E-state index in [0.717, 1.165) is 10.6 Å². The number of carbonyl (C=O) groups is 3. The van der Waals surface area contributed by atoms with Crippen LogP contribution in [0, 0.1) is 5.92 Å². The fourth-order valence-corrected chi connectivity index (χ4v) is 4.61. The van der Waals surface area contributed by atoms with E-state index in [9.17, 15) is 14.4 Å². The molecule has 1 aliphatic rings. The van der Waals surface area contributed by atoms with Crippen molar-refractivity contribution in [3.63, 3.8) is 0 Å². The molecule has 9 nitrogen and oxygen atoms in total. The highest BCUT2D eigenvalue weighted by Gasteiger charge is 2.29. The number of benzene rings is 1. The summed E-state index contributed by atoms with van der Waals surface area (Å²) >= 11 is 1.44.